The Morgan fingerprint density at radius 1 is 0.700 bits per heavy atom. The normalized spacial score (nSPS) is 11.2. The van der Waals surface area contributed by atoms with Gasteiger partial charge < -0.3 is 20.3 Å². The van der Waals surface area contributed by atoms with Crippen LogP contribution in [0.2, 0.25) is 0 Å². The summed E-state index contributed by atoms with van der Waals surface area (Å²) in [5.74, 6) is 1.03. The summed E-state index contributed by atoms with van der Waals surface area (Å²) >= 11 is 0. The fraction of sp³-hybridized carbons (Fsp3) is 0.0455. The van der Waals surface area contributed by atoms with E-state index in [1.54, 1.807) is 18.3 Å². The second-order valence-corrected chi connectivity index (χ2v) is 6.28. The number of para-hydroxylation sites is 1. The lowest BCUT2D eigenvalue weighted by molar-refractivity contribution is -0.274. The van der Waals surface area contributed by atoms with E-state index in [1.807, 2.05) is 42.5 Å². The highest BCUT2D eigenvalue weighted by molar-refractivity contribution is 5.84. The summed E-state index contributed by atoms with van der Waals surface area (Å²) in [5.41, 5.74) is 7.97. The maximum Gasteiger partial charge on any atom is 0.573 e. The van der Waals surface area contributed by atoms with Gasteiger partial charge in [-0.25, -0.2) is 0 Å². The first-order valence-electron chi connectivity index (χ1n) is 8.96. The van der Waals surface area contributed by atoms with Gasteiger partial charge in [0, 0.05) is 11.6 Å². The molecule has 0 fully saturated rings. The lowest BCUT2D eigenvalue weighted by Crippen LogP contribution is -2.17. The van der Waals surface area contributed by atoms with Crippen LogP contribution in [0.4, 0.5) is 24.5 Å². The second kappa shape index (κ2) is 8.20. The second-order valence-electron chi connectivity index (χ2n) is 6.28. The number of rotatable bonds is 6. The highest BCUT2D eigenvalue weighted by Gasteiger charge is 2.30. The van der Waals surface area contributed by atoms with Crippen molar-refractivity contribution in [2.45, 2.75) is 6.36 Å². The Bertz CT molecular complexity index is 1130. The van der Waals surface area contributed by atoms with Crippen LogP contribution in [0.15, 0.2) is 85.1 Å². The van der Waals surface area contributed by atoms with Gasteiger partial charge in [0.25, 0.3) is 0 Å². The van der Waals surface area contributed by atoms with Crippen molar-refractivity contribution in [2.24, 2.45) is 0 Å². The third-order valence-corrected chi connectivity index (χ3v) is 4.12. The average Bonchev–Trinajstić information content (AvgIpc) is 2.73. The van der Waals surface area contributed by atoms with Gasteiger partial charge in [0.1, 0.15) is 17.0 Å². The molecule has 8 heteroatoms. The van der Waals surface area contributed by atoms with Crippen LogP contribution in [0, 0.1) is 0 Å². The number of hydrogen-bond donors (Lipinski definition) is 2. The summed E-state index contributed by atoms with van der Waals surface area (Å²) < 4.78 is 46.4. The van der Waals surface area contributed by atoms with Crippen LogP contribution in [0.3, 0.4) is 0 Å². The molecule has 0 unspecified atom stereocenters. The number of aromatic nitrogens is 1. The summed E-state index contributed by atoms with van der Waals surface area (Å²) in [5, 5.41) is 0.990. The Hall–Kier alpha value is -3.94. The number of hydrazine groups is 1. The van der Waals surface area contributed by atoms with Crippen molar-refractivity contribution in [2.75, 3.05) is 10.9 Å². The summed E-state index contributed by atoms with van der Waals surface area (Å²) in [7, 11) is 0. The number of benzene rings is 3. The van der Waals surface area contributed by atoms with Crippen LogP contribution >= 0.6 is 0 Å². The number of halogens is 3. The van der Waals surface area contributed by atoms with Gasteiger partial charge in [-0.2, -0.15) is 0 Å². The zero-order chi connectivity index (χ0) is 21.0. The number of pyridine rings is 1. The number of alkyl halides is 3. The molecule has 3 aromatic carbocycles. The molecule has 1 heterocycles. The molecule has 4 aromatic rings. The number of anilines is 2. The van der Waals surface area contributed by atoms with Gasteiger partial charge in [0.2, 0.25) is 0 Å². The van der Waals surface area contributed by atoms with Crippen molar-refractivity contribution in [1.29, 1.82) is 0 Å². The van der Waals surface area contributed by atoms with Crippen LogP contribution in [0.25, 0.3) is 10.9 Å². The third-order valence-electron chi connectivity index (χ3n) is 4.12. The van der Waals surface area contributed by atoms with Crippen LogP contribution in [-0.4, -0.2) is 11.3 Å². The van der Waals surface area contributed by atoms with Gasteiger partial charge in [0.05, 0.1) is 11.4 Å². The minimum absolute atomic E-state index is 0.280. The van der Waals surface area contributed by atoms with E-state index in [1.165, 1.54) is 24.3 Å². The van der Waals surface area contributed by atoms with Crippen molar-refractivity contribution in [3.63, 3.8) is 0 Å². The Morgan fingerprint density at radius 2 is 1.30 bits per heavy atom. The van der Waals surface area contributed by atoms with Crippen molar-refractivity contribution >= 4 is 22.3 Å². The average molecular weight is 411 g/mol. The molecular weight excluding hydrogens is 395 g/mol. The highest BCUT2D eigenvalue weighted by atomic mass is 19.4. The number of nitrogens with one attached hydrogen (secondary N) is 2. The van der Waals surface area contributed by atoms with Gasteiger partial charge in [-0.05, 0) is 60.7 Å². The van der Waals surface area contributed by atoms with E-state index in [0.717, 1.165) is 16.6 Å². The van der Waals surface area contributed by atoms with Crippen molar-refractivity contribution in [1.82, 2.24) is 4.98 Å². The molecule has 152 valence electrons. The number of fused-ring (bicyclic) bond motifs is 1. The first-order chi connectivity index (χ1) is 14.5. The standard InChI is InChI=1S/C22H16F3N3O2/c23-22(24,25)30-19-12-8-17(9-13-19)28-27-16-6-10-18(11-7-16)29-20-5-1-3-15-4-2-14-26-21(15)20/h1-14,27-28H. The van der Waals surface area contributed by atoms with E-state index in [2.05, 4.69) is 20.6 Å². The van der Waals surface area contributed by atoms with Gasteiger partial charge in [0.15, 0.2) is 5.75 Å². The number of hydrogen-bond acceptors (Lipinski definition) is 5. The molecule has 5 nitrogen and oxygen atoms in total. The molecule has 0 radical (unpaired) electrons. The molecule has 4 rings (SSSR count). The van der Waals surface area contributed by atoms with Gasteiger partial charge in [-0.1, -0.05) is 18.2 Å². The lowest BCUT2D eigenvalue weighted by atomic mass is 10.2. The Balaban J connectivity index is 1.37. The molecule has 0 amide bonds. The van der Waals surface area contributed by atoms with Crippen molar-refractivity contribution in [3.05, 3.63) is 85.1 Å². The van der Waals surface area contributed by atoms with E-state index >= 15 is 0 Å². The predicted octanol–water partition coefficient (Wildman–Crippen LogP) is 6.36. The first-order valence-corrected chi connectivity index (χ1v) is 8.96. The number of nitrogens with zero attached hydrogens (tertiary/aromatic N) is 1. The smallest absolute Gasteiger partial charge is 0.455 e. The monoisotopic (exact) mass is 411 g/mol. The quantitative estimate of drug-likeness (QED) is 0.361. The minimum atomic E-state index is -4.71. The molecule has 30 heavy (non-hydrogen) atoms. The minimum Gasteiger partial charge on any atom is -0.455 e. The summed E-state index contributed by atoms with van der Waals surface area (Å²) in [6, 6.07) is 22.2. The topological polar surface area (TPSA) is 55.4 Å². The molecule has 0 aliphatic heterocycles. The molecule has 0 spiro atoms. The molecule has 0 saturated heterocycles. The molecule has 0 saturated carbocycles. The Labute approximate surface area is 170 Å². The van der Waals surface area contributed by atoms with Crippen LogP contribution in [0.1, 0.15) is 0 Å². The zero-order valence-corrected chi connectivity index (χ0v) is 15.5. The van der Waals surface area contributed by atoms with E-state index in [0.29, 0.717) is 17.2 Å². The van der Waals surface area contributed by atoms with Crippen molar-refractivity contribution in [3.8, 4) is 17.2 Å². The van der Waals surface area contributed by atoms with E-state index < -0.39 is 6.36 Å². The highest BCUT2D eigenvalue weighted by Crippen LogP contribution is 2.29. The van der Waals surface area contributed by atoms with Crippen LogP contribution in [-0.2, 0) is 0 Å². The molecule has 0 aliphatic carbocycles. The largest absolute Gasteiger partial charge is 0.573 e. The summed E-state index contributed by atoms with van der Waals surface area (Å²) in [4.78, 5) is 4.36. The number of ether oxygens (including phenoxy) is 2. The zero-order valence-electron chi connectivity index (χ0n) is 15.5. The molecule has 2 N–H and O–H groups in total. The molecule has 0 aliphatic rings. The molecule has 0 bridgehead atoms. The van der Waals surface area contributed by atoms with Gasteiger partial charge in [-0.15, -0.1) is 13.2 Å². The summed E-state index contributed by atoms with van der Waals surface area (Å²) in [6.45, 7) is 0. The Morgan fingerprint density at radius 3 is 1.93 bits per heavy atom. The molecular formula is C22H16F3N3O2. The maximum atomic E-state index is 12.2. The van der Waals surface area contributed by atoms with E-state index in [4.69, 9.17) is 4.74 Å². The van der Waals surface area contributed by atoms with Gasteiger partial charge >= 0.3 is 6.36 Å². The summed E-state index contributed by atoms with van der Waals surface area (Å²) in [6.07, 6.45) is -2.99. The predicted molar refractivity (Wildman–Crippen MR) is 109 cm³/mol. The molecule has 1 aromatic heterocycles. The van der Waals surface area contributed by atoms with Gasteiger partial charge in [-0.3, -0.25) is 4.98 Å². The SMILES string of the molecule is FC(F)(F)Oc1ccc(NNc2ccc(Oc3cccc4cccnc34)cc2)cc1. The third kappa shape index (κ3) is 4.91. The Kier molecular flexibility index (Phi) is 5.30. The lowest BCUT2D eigenvalue weighted by Gasteiger charge is -2.12. The first kappa shape index (κ1) is 19.4. The maximum absolute atomic E-state index is 12.2. The fourth-order valence-electron chi connectivity index (χ4n) is 2.78. The molecule has 0 atom stereocenters. The van der Waals surface area contributed by atoms with Crippen LogP contribution < -0.4 is 20.3 Å². The fourth-order valence-corrected chi connectivity index (χ4v) is 2.78. The van der Waals surface area contributed by atoms with Crippen molar-refractivity contribution < 1.29 is 22.6 Å². The van der Waals surface area contributed by atoms with E-state index in [-0.39, 0.29) is 5.75 Å². The van der Waals surface area contributed by atoms with Crippen LogP contribution in [0.5, 0.6) is 17.2 Å². The van der Waals surface area contributed by atoms with E-state index in [9.17, 15) is 13.2 Å².